The smallest absolute Gasteiger partial charge is 0.318 e. The molecule has 2 aliphatic rings. The van der Waals surface area contributed by atoms with E-state index in [0.29, 0.717) is 10.0 Å². The van der Waals surface area contributed by atoms with Crippen molar-refractivity contribution in [1.82, 2.24) is 15.1 Å². The first-order valence-corrected chi connectivity index (χ1v) is 9.51. The standard InChI is InChI=1S/C19H23Cl2N3O/c1-14(2-3-15-6-7-17(20)18(21)12-15)22-19(25)24-10-8-23(9-11-24)13-16-4-5-16/h6-7,12,14,16H,4-5,8-11,13H2,1H3,(H,22,25). The molecule has 25 heavy (non-hydrogen) atoms. The van der Waals surface area contributed by atoms with Crippen LogP contribution in [0.4, 0.5) is 4.79 Å². The zero-order chi connectivity index (χ0) is 17.8. The van der Waals surface area contributed by atoms with Crippen molar-refractivity contribution in [1.29, 1.82) is 0 Å². The van der Waals surface area contributed by atoms with Crippen molar-refractivity contribution in [3.63, 3.8) is 0 Å². The SMILES string of the molecule is CC(C#Cc1ccc(Cl)c(Cl)c1)NC(=O)N1CCN(CC2CC2)CC1. The molecular formula is C19H23Cl2N3O. The zero-order valence-corrected chi connectivity index (χ0v) is 15.9. The molecular weight excluding hydrogens is 357 g/mol. The number of hydrogen-bond donors (Lipinski definition) is 1. The summed E-state index contributed by atoms with van der Waals surface area (Å²) in [7, 11) is 0. The average Bonchev–Trinajstić information content (AvgIpc) is 3.40. The summed E-state index contributed by atoms with van der Waals surface area (Å²) in [5.41, 5.74) is 0.782. The molecule has 0 radical (unpaired) electrons. The average molecular weight is 380 g/mol. The second-order valence-electron chi connectivity index (χ2n) is 6.80. The summed E-state index contributed by atoms with van der Waals surface area (Å²) < 4.78 is 0. The van der Waals surface area contributed by atoms with Crippen LogP contribution in [0.3, 0.4) is 0 Å². The van der Waals surface area contributed by atoms with E-state index in [1.54, 1.807) is 12.1 Å². The molecule has 0 aromatic heterocycles. The highest BCUT2D eigenvalue weighted by Crippen LogP contribution is 2.29. The van der Waals surface area contributed by atoms with Gasteiger partial charge in [0, 0.05) is 38.3 Å². The van der Waals surface area contributed by atoms with E-state index in [9.17, 15) is 4.79 Å². The Labute approximate surface area is 159 Å². The summed E-state index contributed by atoms with van der Waals surface area (Å²) in [5.74, 6) is 6.96. The van der Waals surface area contributed by atoms with Crippen molar-refractivity contribution in [2.24, 2.45) is 5.92 Å². The van der Waals surface area contributed by atoms with Gasteiger partial charge in [-0.15, -0.1) is 0 Å². The van der Waals surface area contributed by atoms with Gasteiger partial charge >= 0.3 is 6.03 Å². The van der Waals surface area contributed by atoms with E-state index in [4.69, 9.17) is 23.2 Å². The number of halogens is 2. The van der Waals surface area contributed by atoms with Gasteiger partial charge in [-0.2, -0.15) is 0 Å². The highest BCUT2D eigenvalue weighted by Gasteiger charge is 2.27. The Morgan fingerprint density at radius 1 is 1.24 bits per heavy atom. The minimum atomic E-state index is -0.230. The van der Waals surface area contributed by atoms with Crippen LogP contribution >= 0.6 is 23.2 Å². The Morgan fingerprint density at radius 3 is 2.60 bits per heavy atom. The molecule has 4 nitrogen and oxygen atoms in total. The molecule has 1 aliphatic heterocycles. The molecule has 1 heterocycles. The number of amides is 2. The molecule has 1 aromatic rings. The molecule has 0 spiro atoms. The number of hydrogen-bond acceptors (Lipinski definition) is 2. The molecule has 1 aliphatic carbocycles. The van der Waals surface area contributed by atoms with Gasteiger partial charge in [0.25, 0.3) is 0 Å². The van der Waals surface area contributed by atoms with Crippen molar-refractivity contribution in [2.75, 3.05) is 32.7 Å². The predicted octanol–water partition coefficient (Wildman–Crippen LogP) is 3.47. The molecule has 134 valence electrons. The summed E-state index contributed by atoms with van der Waals surface area (Å²) in [5, 5.41) is 3.94. The van der Waals surface area contributed by atoms with E-state index < -0.39 is 0 Å². The second-order valence-corrected chi connectivity index (χ2v) is 7.61. The lowest BCUT2D eigenvalue weighted by Crippen LogP contribution is -2.53. The lowest BCUT2D eigenvalue weighted by molar-refractivity contribution is 0.135. The van der Waals surface area contributed by atoms with E-state index >= 15 is 0 Å². The fourth-order valence-electron chi connectivity index (χ4n) is 2.88. The van der Waals surface area contributed by atoms with Gasteiger partial charge in [-0.3, -0.25) is 4.90 Å². The van der Waals surface area contributed by atoms with Crippen LogP contribution in [0.1, 0.15) is 25.3 Å². The number of urea groups is 1. The Balaban J connectivity index is 1.46. The Bertz CT molecular complexity index is 686. The number of nitrogens with zero attached hydrogens (tertiary/aromatic N) is 2. The molecule has 1 saturated heterocycles. The van der Waals surface area contributed by atoms with E-state index in [0.717, 1.165) is 37.7 Å². The van der Waals surface area contributed by atoms with Crippen LogP contribution in [-0.2, 0) is 0 Å². The van der Waals surface area contributed by atoms with Gasteiger partial charge in [0.2, 0.25) is 0 Å². The Kier molecular flexibility index (Phi) is 6.11. The van der Waals surface area contributed by atoms with Gasteiger partial charge < -0.3 is 10.2 Å². The largest absolute Gasteiger partial charge is 0.325 e. The third kappa shape index (κ3) is 5.54. The number of piperazine rings is 1. The maximum Gasteiger partial charge on any atom is 0.318 e. The van der Waals surface area contributed by atoms with Gasteiger partial charge in [-0.25, -0.2) is 4.79 Å². The first-order chi connectivity index (χ1) is 12.0. The van der Waals surface area contributed by atoms with E-state index in [1.165, 1.54) is 19.4 Å². The van der Waals surface area contributed by atoms with Gasteiger partial charge in [0.15, 0.2) is 0 Å². The number of nitrogens with one attached hydrogen (secondary N) is 1. The second kappa shape index (κ2) is 8.31. The fraction of sp³-hybridized carbons (Fsp3) is 0.526. The van der Waals surface area contributed by atoms with Crippen molar-refractivity contribution in [3.05, 3.63) is 33.8 Å². The highest BCUT2D eigenvalue weighted by molar-refractivity contribution is 6.42. The fourth-order valence-corrected chi connectivity index (χ4v) is 3.18. The Hall–Kier alpha value is -1.41. The third-order valence-electron chi connectivity index (χ3n) is 4.57. The lowest BCUT2D eigenvalue weighted by Gasteiger charge is -2.35. The molecule has 6 heteroatoms. The summed E-state index contributed by atoms with van der Waals surface area (Å²) in [4.78, 5) is 16.7. The lowest BCUT2D eigenvalue weighted by atomic mass is 10.2. The van der Waals surface area contributed by atoms with Crippen LogP contribution in [0.15, 0.2) is 18.2 Å². The number of carbonyl (C=O) groups excluding carboxylic acids is 1. The summed E-state index contributed by atoms with van der Waals surface area (Å²) >= 11 is 11.9. The molecule has 1 atom stereocenters. The quantitative estimate of drug-likeness (QED) is 0.816. The topological polar surface area (TPSA) is 35.6 Å². The summed E-state index contributed by atoms with van der Waals surface area (Å²) in [6, 6.07) is 4.99. The number of carbonyl (C=O) groups is 1. The molecule has 0 bridgehead atoms. The van der Waals surface area contributed by atoms with Crippen LogP contribution in [0, 0.1) is 17.8 Å². The summed E-state index contributed by atoms with van der Waals surface area (Å²) in [6.07, 6.45) is 2.74. The van der Waals surface area contributed by atoms with Crippen molar-refractivity contribution in [3.8, 4) is 11.8 Å². The minimum absolute atomic E-state index is 0.0398. The maximum absolute atomic E-state index is 12.3. The zero-order valence-electron chi connectivity index (χ0n) is 14.4. The molecule has 3 rings (SSSR count). The molecule has 1 saturated carbocycles. The molecule has 1 unspecified atom stereocenters. The number of benzene rings is 1. The normalized spacial score (nSPS) is 19.1. The Morgan fingerprint density at radius 2 is 1.96 bits per heavy atom. The van der Waals surface area contributed by atoms with Crippen LogP contribution in [0.25, 0.3) is 0 Å². The first-order valence-electron chi connectivity index (χ1n) is 8.75. The molecule has 1 aromatic carbocycles. The van der Waals surface area contributed by atoms with Gasteiger partial charge in [0.05, 0.1) is 16.1 Å². The molecule has 2 amide bonds. The van der Waals surface area contributed by atoms with Crippen molar-refractivity contribution < 1.29 is 4.79 Å². The minimum Gasteiger partial charge on any atom is -0.325 e. The van der Waals surface area contributed by atoms with E-state index in [1.807, 2.05) is 17.9 Å². The monoisotopic (exact) mass is 379 g/mol. The highest BCUT2D eigenvalue weighted by atomic mass is 35.5. The number of rotatable bonds is 3. The van der Waals surface area contributed by atoms with E-state index in [2.05, 4.69) is 22.1 Å². The molecule has 2 fully saturated rings. The van der Waals surface area contributed by atoms with Gasteiger partial charge in [0.1, 0.15) is 0 Å². The van der Waals surface area contributed by atoms with Crippen LogP contribution in [0.5, 0.6) is 0 Å². The van der Waals surface area contributed by atoms with Gasteiger partial charge in [-0.05, 0) is 43.9 Å². The first kappa shape index (κ1) is 18.4. The van der Waals surface area contributed by atoms with Crippen LogP contribution < -0.4 is 5.32 Å². The van der Waals surface area contributed by atoms with E-state index in [-0.39, 0.29) is 12.1 Å². The van der Waals surface area contributed by atoms with Crippen molar-refractivity contribution >= 4 is 29.2 Å². The summed E-state index contributed by atoms with van der Waals surface area (Å²) in [6.45, 7) is 6.57. The molecule has 1 N–H and O–H groups in total. The maximum atomic E-state index is 12.3. The van der Waals surface area contributed by atoms with Gasteiger partial charge in [-0.1, -0.05) is 35.0 Å². The van der Waals surface area contributed by atoms with Crippen molar-refractivity contribution in [2.45, 2.75) is 25.8 Å². The van der Waals surface area contributed by atoms with Crippen LogP contribution in [-0.4, -0.2) is 54.6 Å². The predicted molar refractivity (Wildman–Crippen MR) is 102 cm³/mol. The van der Waals surface area contributed by atoms with Crippen LogP contribution in [0.2, 0.25) is 10.0 Å². The third-order valence-corrected chi connectivity index (χ3v) is 5.30.